The molecule has 5 nitrogen and oxygen atoms in total. The lowest BCUT2D eigenvalue weighted by Gasteiger charge is -2.10. The molecule has 1 heterocycles. The predicted molar refractivity (Wildman–Crippen MR) is 62.4 cm³/mol. The van der Waals surface area contributed by atoms with Crippen LogP contribution < -0.4 is 5.73 Å². The maximum Gasteiger partial charge on any atom is 0.260 e. The van der Waals surface area contributed by atoms with Crippen LogP contribution in [0.5, 0.6) is 0 Å². The van der Waals surface area contributed by atoms with Gasteiger partial charge < -0.3 is 15.0 Å². The van der Waals surface area contributed by atoms with Gasteiger partial charge in [-0.05, 0) is 12.1 Å². The SMILES string of the molecule is COC(c1ccccc1)c1nc(CCN)no1. The van der Waals surface area contributed by atoms with E-state index in [1.807, 2.05) is 30.3 Å². The zero-order chi connectivity index (χ0) is 12.1. The Hall–Kier alpha value is -1.72. The van der Waals surface area contributed by atoms with Gasteiger partial charge in [0, 0.05) is 13.5 Å². The molecule has 2 aromatic rings. The smallest absolute Gasteiger partial charge is 0.260 e. The Kier molecular flexibility index (Phi) is 3.85. The van der Waals surface area contributed by atoms with Crippen molar-refractivity contribution in [3.05, 3.63) is 47.6 Å². The maximum absolute atomic E-state index is 5.44. The Morgan fingerprint density at radius 2 is 2.12 bits per heavy atom. The van der Waals surface area contributed by atoms with E-state index >= 15 is 0 Å². The van der Waals surface area contributed by atoms with Crippen molar-refractivity contribution < 1.29 is 9.26 Å². The van der Waals surface area contributed by atoms with E-state index in [9.17, 15) is 0 Å². The molecule has 2 rings (SSSR count). The fourth-order valence-electron chi connectivity index (χ4n) is 1.61. The van der Waals surface area contributed by atoms with Gasteiger partial charge >= 0.3 is 0 Å². The van der Waals surface area contributed by atoms with Crippen molar-refractivity contribution in [3.63, 3.8) is 0 Å². The molecule has 90 valence electrons. The molecule has 0 fully saturated rings. The van der Waals surface area contributed by atoms with E-state index in [0.717, 1.165) is 5.56 Å². The normalized spacial score (nSPS) is 12.6. The maximum atomic E-state index is 5.44. The van der Waals surface area contributed by atoms with Crippen LogP contribution >= 0.6 is 0 Å². The highest BCUT2D eigenvalue weighted by atomic mass is 16.5. The third kappa shape index (κ3) is 2.69. The summed E-state index contributed by atoms with van der Waals surface area (Å²) in [5.74, 6) is 1.07. The molecule has 1 unspecified atom stereocenters. The van der Waals surface area contributed by atoms with Crippen LogP contribution in [0.3, 0.4) is 0 Å². The fraction of sp³-hybridized carbons (Fsp3) is 0.333. The molecule has 0 aliphatic heterocycles. The van der Waals surface area contributed by atoms with Crippen LogP contribution in [0.1, 0.15) is 23.4 Å². The summed E-state index contributed by atoms with van der Waals surface area (Å²) in [5.41, 5.74) is 6.42. The molecule has 0 aliphatic carbocycles. The molecule has 1 atom stereocenters. The van der Waals surface area contributed by atoms with Crippen LogP contribution in [-0.4, -0.2) is 23.8 Å². The third-order valence-electron chi connectivity index (χ3n) is 2.41. The van der Waals surface area contributed by atoms with Crippen LogP contribution in [0.25, 0.3) is 0 Å². The molecule has 0 bridgehead atoms. The van der Waals surface area contributed by atoms with Crippen molar-refractivity contribution in [2.75, 3.05) is 13.7 Å². The number of ether oxygens (including phenoxy) is 1. The van der Waals surface area contributed by atoms with E-state index in [-0.39, 0.29) is 6.10 Å². The number of aromatic nitrogens is 2. The Bertz CT molecular complexity index is 456. The Morgan fingerprint density at radius 3 is 2.76 bits per heavy atom. The fourth-order valence-corrected chi connectivity index (χ4v) is 1.61. The molecular weight excluding hydrogens is 218 g/mol. The first-order valence-corrected chi connectivity index (χ1v) is 5.45. The summed E-state index contributed by atoms with van der Waals surface area (Å²) in [5, 5.41) is 3.85. The summed E-state index contributed by atoms with van der Waals surface area (Å²) in [6.45, 7) is 0.502. The molecule has 1 aromatic carbocycles. The molecule has 0 saturated heterocycles. The van der Waals surface area contributed by atoms with Crippen LogP contribution in [0.2, 0.25) is 0 Å². The van der Waals surface area contributed by atoms with Gasteiger partial charge in [0.25, 0.3) is 5.89 Å². The van der Waals surface area contributed by atoms with Crippen molar-refractivity contribution in [1.29, 1.82) is 0 Å². The standard InChI is InChI=1S/C12H15N3O2/c1-16-11(9-5-3-2-4-6-9)12-14-10(7-8-13)15-17-12/h2-6,11H,7-8,13H2,1H3. The summed E-state index contributed by atoms with van der Waals surface area (Å²) in [6, 6.07) is 9.75. The molecule has 5 heteroatoms. The highest BCUT2D eigenvalue weighted by Gasteiger charge is 2.20. The molecule has 2 N–H and O–H groups in total. The molecule has 0 spiro atoms. The van der Waals surface area contributed by atoms with Gasteiger partial charge in [-0.3, -0.25) is 0 Å². The van der Waals surface area contributed by atoms with Gasteiger partial charge in [-0.2, -0.15) is 4.98 Å². The second kappa shape index (κ2) is 5.56. The average Bonchev–Trinajstić information content (AvgIpc) is 2.81. The van der Waals surface area contributed by atoms with Gasteiger partial charge in [-0.25, -0.2) is 0 Å². The molecular formula is C12H15N3O2. The average molecular weight is 233 g/mol. The largest absolute Gasteiger partial charge is 0.367 e. The van der Waals surface area contributed by atoms with Gasteiger partial charge in [0.1, 0.15) is 0 Å². The number of benzene rings is 1. The van der Waals surface area contributed by atoms with Crippen molar-refractivity contribution in [1.82, 2.24) is 10.1 Å². The minimum atomic E-state index is -0.324. The minimum Gasteiger partial charge on any atom is -0.367 e. The van der Waals surface area contributed by atoms with E-state index in [4.69, 9.17) is 15.0 Å². The Morgan fingerprint density at radius 1 is 1.35 bits per heavy atom. The van der Waals surface area contributed by atoms with Crippen molar-refractivity contribution in [2.45, 2.75) is 12.5 Å². The summed E-state index contributed by atoms with van der Waals surface area (Å²) >= 11 is 0. The lowest BCUT2D eigenvalue weighted by molar-refractivity contribution is 0.105. The second-order valence-electron chi connectivity index (χ2n) is 3.61. The molecule has 1 aromatic heterocycles. The first-order valence-electron chi connectivity index (χ1n) is 5.45. The van der Waals surface area contributed by atoms with Gasteiger partial charge in [0.15, 0.2) is 11.9 Å². The molecule has 0 saturated carbocycles. The molecule has 0 radical (unpaired) electrons. The van der Waals surface area contributed by atoms with Gasteiger partial charge in [0.05, 0.1) is 0 Å². The number of nitrogens with zero attached hydrogens (tertiary/aromatic N) is 2. The summed E-state index contributed by atoms with van der Waals surface area (Å²) in [7, 11) is 1.62. The van der Waals surface area contributed by atoms with E-state index < -0.39 is 0 Å². The van der Waals surface area contributed by atoms with E-state index in [1.54, 1.807) is 7.11 Å². The van der Waals surface area contributed by atoms with E-state index in [0.29, 0.717) is 24.7 Å². The molecule has 17 heavy (non-hydrogen) atoms. The van der Waals surface area contributed by atoms with Crippen LogP contribution in [0, 0.1) is 0 Å². The zero-order valence-electron chi connectivity index (χ0n) is 9.67. The van der Waals surface area contributed by atoms with Gasteiger partial charge in [0.2, 0.25) is 0 Å². The van der Waals surface area contributed by atoms with Crippen LogP contribution in [-0.2, 0) is 11.2 Å². The van der Waals surface area contributed by atoms with Crippen LogP contribution in [0.15, 0.2) is 34.9 Å². The Balaban J connectivity index is 2.23. The summed E-state index contributed by atoms with van der Waals surface area (Å²) in [6.07, 6.45) is 0.282. The topological polar surface area (TPSA) is 74.2 Å². The number of hydrogen-bond acceptors (Lipinski definition) is 5. The van der Waals surface area contributed by atoms with Crippen molar-refractivity contribution >= 4 is 0 Å². The predicted octanol–water partition coefficient (Wildman–Crippen LogP) is 1.31. The first-order chi connectivity index (χ1) is 8.35. The lowest BCUT2D eigenvalue weighted by atomic mass is 10.1. The minimum absolute atomic E-state index is 0.324. The number of rotatable bonds is 5. The van der Waals surface area contributed by atoms with E-state index in [1.165, 1.54) is 0 Å². The van der Waals surface area contributed by atoms with Crippen molar-refractivity contribution in [2.24, 2.45) is 5.73 Å². The van der Waals surface area contributed by atoms with Crippen molar-refractivity contribution in [3.8, 4) is 0 Å². The summed E-state index contributed by atoms with van der Waals surface area (Å²) < 4.78 is 10.6. The quantitative estimate of drug-likeness (QED) is 0.842. The lowest BCUT2D eigenvalue weighted by Crippen LogP contribution is -2.06. The first kappa shape index (κ1) is 11.8. The number of methoxy groups -OCH3 is 1. The monoisotopic (exact) mass is 233 g/mol. The number of nitrogens with two attached hydrogens (primary N) is 1. The summed E-state index contributed by atoms with van der Waals surface area (Å²) in [4.78, 5) is 4.26. The number of hydrogen-bond donors (Lipinski definition) is 1. The van der Waals surface area contributed by atoms with Crippen LogP contribution in [0.4, 0.5) is 0 Å². The van der Waals surface area contributed by atoms with Gasteiger partial charge in [-0.1, -0.05) is 35.5 Å². The molecule has 0 amide bonds. The van der Waals surface area contributed by atoms with E-state index in [2.05, 4.69) is 10.1 Å². The highest BCUT2D eigenvalue weighted by Crippen LogP contribution is 2.23. The Labute approximate surface area is 99.6 Å². The highest BCUT2D eigenvalue weighted by molar-refractivity contribution is 5.21. The molecule has 0 aliphatic rings. The van der Waals surface area contributed by atoms with Gasteiger partial charge in [-0.15, -0.1) is 0 Å². The second-order valence-corrected chi connectivity index (χ2v) is 3.61. The third-order valence-corrected chi connectivity index (χ3v) is 2.41. The zero-order valence-corrected chi connectivity index (χ0v) is 9.67.